The number of aliphatic hydroxyl groups is 1. The zero-order valence-corrected chi connectivity index (χ0v) is 24.7. The maximum atomic E-state index is 12.4. The first kappa shape index (κ1) is 32.2. The molecule has 6 heteroatoms. The predicted octanol–water partition coefficient (Wildman–Crippen LogP) is 8.74. The number of hydrogen-bond acceptors (Lipinski definition) is 5. The van der Waals surface area contributed by atoms with Crippen molar-refractivity contribution in [1.29, 1.82) is 0 Å². The van der Waals surface area contributed by atoms with Gasteiger partial charge in [0.15, 0.2) is 0 Å². The number of nitrogens with one attached hydrogen (secondary N) is 1. The Morgan fingerprint density at radius 3 is 1.92 bits per heavy atom. The molecule has 0 spiro atoms. The van der Waals surface area contributed by atoms with E-state index in [9.17, 15) is 9.90 Å². The van der Waals surface area contributed by atoms with Gasteiger partial charge in [-0.1, -0.05) is 145 Å². The third kappa shape index (κ3) is 14.2. The Morgan fingerprint density at radius 2 is 1.42 bits per heavy atom. The maximum Gasteiger partial charge on any atom is 0.220 e. The SMILES string of the molecule is CCCCCCCCCCCCCCCCCC(=O)N[C@@H](CC)[C@H](O)C=Cc1ccc(-c2csnn2)cc1. The van der Waals surface area contributed by atoms with Gasteiger partial charge in [0.25, 0.3) is 0 Å². The van der Waals surface area contributed by atoms with Gasteiger partial charge in [0.1, 0.15) is 5.69 Å². The summed E-state index contributed by atoms with van der Waals surface area (Å²) in [6.07, 6.45) is 24.0. The fourth-order valence-electron chi connectivity index (χ4n) is 4.76. The summed E-state index contributed by atoms with van der Waals surface area (Å²) in [7, 11) is 0. The van der Waals surface area contributed by atoms with Crippen molar-refractivity contribution in [3.63, 3.8) is 0 Å². The molecular weight excluding hydrogens is 490 g/mol. The van der Waals surface area contributed by atoms with Crippen molar-refractivity contribution in [2.75, 3.05) is 0 Å². The van der Waals surface area contributed by atoms with Gasteiger partial charge in [-0.05, 0) is 29.9 Å². The summed E-state index contributed by atoms with van der Waals surface area (Å²) < 4.78 is 3.90. The zero-order chi connectivity index (χ0) is 27.3. The molecule has 0 aliphatic carbocycles. The van der Waals surface area contributed by atoms with Gasteiger partial charge in [0, 0.05) is 17.4 Å². The second-order valence-electron chi connectivity index (χ2n) is 10.5. The molecule has 1 aromatic heterocycles. The lowest BCUT2D eigenvalue weighted by Crippen LogP contribution is -2.42. The van der Waals surface area contributed by atoms with Crippen LogP contribution in [0.15, 0.2) is 35.7 Å². The van der Waals surface area contributed by atoms with Crippen LogP contribution in [-0.2, 0) is 4.79 Å². The van der Waals surface area contributed by atoms with Crippen LogP contribution in [0.3, 0.4) is 0 Å². The summed E-state index contributed by atoms with van der Waals surface area (Å²) in [5.74, 6) is 0.0419. The third-order valence-corrected chi connectivity index (χ3v) is 7.76. The standard InChI is InChI=1S/C32H51N3O2S/c1-3-5-6-7-8-9-10-11-12-13-14-15-16-17-18-19-32(37)33-29(4-2)31(36)25-22-27-20-23-28(24-21-27)30-26-38-35-34-30/h20-26,29,31,36H,3-19H2,1-2H3,(H,33,37)/t29-,31+/m0/s1. The van der Waals surface area contributed by atoms with E-state index in [2.05, 4.69) is 21.8 Å². The Kier molecular flexibility index (Phi) is 17.7. The topological polar surface area (TPSA) is 75.1 Å². The molecule has 2 rings (SSSR count). The summed E-state index contributed by atoms with van der Waals surface area (Å²) in [6.45, 7) is 4.27. The molecule has 0 saturated carbocycles. The van der Waals surface area contributed by atoms with Crippen LogP contribution < -0.4 is 5.32 Å². The molecule has 1 heterocycles. The molecule has 0 aliphatic heterocycles. The number of benzene rings is 1. The predicted molar refractivity (Wildman–Crippen MR) is 162 cm³/mol. The van der Waals surface area contributed by atoms with Gasteiger partial charge >= 0.3 is 0 Å². The highest BCUT2D eigenvalue weighted by molar-refractivity contribution is 7.03. The molecule has 38 heavy (non-hydrogen) atoms. The van der Waals surface area contributed by atoms with E-state index < -0.39 is 6.10 Å². The van der Waals surface area contributed by atoms with Crippen LogP contribution in [0.1, 0.15) is 129 Å². The second-order valence-corrected chi connectivity index (χ2v) is 11.2. The molecule has 0 bridgehead atoms. The minimum absolute atomic E-state index is 0.0419. The second kappa shape index (κ2) is 20.9. The highest BCUT2D eigenvalue weighted by Gasteiger charge is 2.17. The van der Waals surface area contributed by atoms with E-state index in [4.69, 9.17) is 0 Å². The van der Waals surface area contributed by atoms with Crippen LogP contribution in [0.2, 0.25) is 0 Å². The summed E-state index contributed by atoms with van der Waals surface area (Å²) in [5.41, 5.74) is 2.89. The van der Waals surface area contributed by atoms with Crippen molar-refractivity contribution in [1.82, 2.24) is 14.9 Å². The van der Waals surface area contributed by atoms with Crippen LogP contribution in [0.4, 0.5) is 0 Å². The van der Waals surface area contributed by atoms with Crippen molar-refractivity contribution in [2.24, 2.45) is 0 Å². The first-order valence-electron chi connectivity index (χ1n) is 15.2. The van der Waals surface area contributed by atoms with E-state index >= 15 is 0 Å². The van der Waals surface area contributed by atoms with Gasteiger partial charge in [-0.3, -0.25) is 4.79 Å². The fourth-order valence-corrected chi connectivity index (χ4v) is 5.23. The highest BCUT2D eigenvalue weighted by atomic mass is 32.1. The van der Waals surface area contributed by atoms with Gasteiger partial charge in [-0.15, -0.1) is 5.10 Å². The highest BCUT2D eigenvalue weighted by Crippen LogP contribution is 2.19. The van der Waals surface area contributed by atoms with Crippen LogP contribution >= 0.6 is 11.5 Å². The smallest absolute Gasteiger partial charge is 0.220 e. The Balaban J connectivity index is 1.50. The average molecular weight is 542 g/mol. The van der Waals surface area contributed by atoms with Crippen molar-refractivity contribution in [2.45, 2.75) is 135 Å². The molecule has 0 fully saturated rings. The molecule has 0 unspecified atom stereocenters. The quantitative estimate of drug-likeness (QED) is 0.146. The van der Waals surface area contributed by atoms with Gasteiger partial charge in [0.2, 0.25) is 5.91 Å². The summed E-state index contributed by atoms with van der Waals surface area (Å²) in [5, 5.41) is 19.6. The Hall–Kier alpha value is -2.05. The minimum Gasteiger partial charge on any atom is -0.387 e. The van der Waals surface area contributed by atoms with Gasteiger partial charge in [-0.25, -0.2) is 0 Å². The molecule has 2 aromatic rings. The van der Waals surface area contributed by atoms with E-state index in [1.54, 1.807) is 6.08 Å². The Bertz CT molecular complexity index is 867. The number of nitrogens with zero attached hydrogens (tertiary/aromatic N) is 2. The van der Waals surface area contributed by atoms with Crippen molar-refractivity contribution in [3.05, 3.63) is 41.3 Å². The monoisotopic (exact) mass is 541 g/mol. The normalized spacial score (nSPS) is 13.1. The largest absolute Gasteiger partial charge is 0.387 e. The molecular formula is C32H51N3O2S. The summed E-state index contributed by atoms with van der Waals surface area (Å²) in [6, 6.07) is 7.72. The molecule has 2 N–H and O–H groups in total. The number of rotatable bonds is 22. The van der Waals surface area contributed by atoms with E-state index in [1.807, 2.05) is 42.6 Å². The number of amides is 1. The molecule has 1 aromatic carbocycles. The molecule has 0 saturated heterocycles. The van der Waals surface area contributed by atoms with E-state index in [1.165, 1.54) is 95.0 Å². The van der Waals surface area contributed by atoms with Crippen molar-refractivity contribution < 1.29 is 9.90 Å². The lowest BCUT2D eigenvalue weighted by molar-refractivity contribution is -0.122. The average Bonchev–Trinajstić information content (AvgIpc) is 3.48. The van der Waals surface area contributed by atoms with E-state index in [-0.39, 0.29) is 11.9 Å². The molecule has 0 aliphatic rings. The zero-order valence-electron chi connectivity index (χ0n) is 23.9. The molecule has 212 valence electrons. The van der Waals surface area contributed by atoms with Gasteiger partial charge in [-0.2, -0.15) is 0 Å². The third-order valence-electron chi connectivity index (χ3n) is 7.26. The van der Waals surface area contributed by atoms with Crippen LogP contribution in [0.5, 0.6) is 0 Å². The number of aromatic nitrogens is 2. The van der Waals surface area contributed by atoms with Crippen LogP contribution in [0, 0.1) is 0 Å². The molecule has 0 radical (unpaired) electrons. The number of carbonyl (C=O) groups excluding carboxylic acids is 1. The lowest BCUT2D eigenvalue weighted by atomic mass is 10.0. The minimum atomic E-state index is -0.715. The molecule has 2 atom stereocenters. The first-order valence-corrected chi connectivity index (χ1v) is 16.0. The lowest BCUT2D eigenvalue weighted by Gasteiger charge is -2.20. The number of carbonyl (C=O) groups is 1. The number of aliphatic hydroxyl groups excluding tert-OH is 1. The van der Waals surface area contributed by atoms with Crippen molar-refractivity contribution >= 4 is 23.5 Å². The number of unbranched alkanes of at least 4 members (excludes halogenated alkanes) is 14. The maximum absolute atomic E-state index is 12.4. The Morgan fingerprint density at radius 1 is 0.868 bits per heavy atom. The van der Waals surface area contributed by atoms with Gasteiger partial charge < -0.3 is 10.4 Å². The van der Waals surface area contributed by atoms with Crippen molar-refractivity contribution in [3.8, 4) is 11.3 Å². The fraction of sp³-hybridized carbons (Fsp3) is 0.656. The number of hydrogen-bond donors (Lipinski definition) is 2. The summed E-state index contributed by atoms with van der Waals surface area (Å²) >= 11 is 1.33. The first-order chi connectivity index (χ1) is 18.6. The van der Waals surface area contributed by atoms with Crippen LogP contribution in [-0.4, -0.2) is 32.7 Å². The summed E-state index contributed by atoms with van der Waals surface area (Å²) in [4.78, 5) is 12.4. The van der Waals surface area contributed by atoms with E-state index in [0.717, 1.165) is 29.7 Å². The van der Waals surface area contributed by atoms with E-state index in [0.29, 0.717) is 12.8 Å². The Labute approximate surface area is 235 Å². The van der Waals surface area contributed by atoms with Gasteiger partial charge in [0.05, 0.1) is 12.1 Å². The molecule has 5 nitrogen and oxygen atoms in total. The van der Waals surface area contributed by atoms with Crippen LogP contribution in [0.25, 0.3) is 17.3 Å². The molecule has 1 amide bonds.